The van der Waals surface area contributed by atoms with Crippen LogP contribution >= 0.6 is 12.4 Å². The van der Waals surface area contributed by atoms with Gasteiger partial charge < -0.3 is 10.2 Å². The van der Waals surface area contributed by atoms with Crippen molar-refractivity contribution in [3.8, 4) is 0 Å². The van der Waals surface area contributed by atoms with Gasteiger partial charge in [0.2, 0.25) is 15.9 Å². The summed E-state index contributed by atoms with van der Waals surface area (Å²) in [6.07, 6.45) is 1.73. The van der Waals surface area contributed by atoms with Gasteiger partial charge in [0, 0.05) is 19.1 Å². The molecule has 1 saturated heterocycles. The van der Waals surface area contributed by atoms with Crippen molar-refractivity contribution in [1.29, 1.82) is 0 Å². The molecule has 0 aliphatic carbocycles. The Kier molecular flexibility index (Phi) is 7.77. The van der Waals surface area contributed by atoms with E-state index in [4.69, 9.17) is 0 Å². The highest BCUT2D eigenvalue weighted by Gasteiger charge is 2.28. The van der Waals surface area contributed by atoms with Crippen molar-refractivity contribution in [2.45, 2.75) is 25.8 Å². The molecule has 8 heteroatoms. The quantitative estimate of drug-likeness (QED) is 0.697. The van der Waals surface area contributed by atoms with E-state index < -0.39 is 15.8 Å². The Bertz CT molecular complexity index is 355. The maximum atomic E-state index is 12.0. The second-order valence-electron chi connectivity index (χ2n) is 4.20. The lowest BCUT2D eigenvalue weighted by Crippen LogP contribution is -2.45. The molecule has 0 bridgehead atoms. The van der Waals surface area contributed by atoms with Crippen LogP contribution < -0.4 is 10.0 Å². The van der Waals surface area contributed by atoms with E-state index in [0.717, 1.165) is 25.9 Å². The van der Waals surface area contributed by atoms with Crippen molar-refractivity contribution in [2.24, 2.45) is 0 Å². The molecule has 0 aromatic rings. The molecular weight excluding hydrogens is 278 g/mol. The Balaban J connectivity index is 0.00000289. The smallest absolute Gasteiger partial charge is 0.239 e. The first-order valence-corrected chi connectivity index (χ1v) is 7.56. The average molecular weight is 300 g/mol. The number of nitrogens with zero attached hydrogens (tertiary/aromatic N) is 1. The Hall–Kier alpha value is -0.370. The van der Waals surface area contributed by atoms with Gasteiger partial charge in [-0.25, -0.2) is 13.1 Å². The number of carbonyl (C=O) groups excluding carboxylic acids is 1. The number of rotatable bonds is 6. The van der Waals surface area contributed by atoms with Crippen LogP contribution in [0.4, 0.5) is 0 Å². The fourth-order valence-electron chi connectivity index (χ4n) is 1.97. The molecule has 1 aliphatic rings. The summed E-state index contributed by atoms with van der Waals surface area (Å²) in [5, 5.41) is 3.18. The maximum Gasteiger partial charge on any atom is 0.239 e. The summed E-state index contributed by atoms with van der Waals surface area (Å²) >= 11 is 0. The molecule has 2 N–H and O–H groups in total. The van der Waals surface area contributed by atoms with Crippen LogP contribution in [0.15, 0.2) is 0 Å². The molecule has 1 unspecified atom stereocenters. The maximum absolute atomic E-state index is 12.0. The highest BCUT2D eigenvalue weighted by Crippen LogP contribution is 2.10. The highest BCUT2D eigenvalue weighted by atomic mass is 35.5. The molecule has 0 aromatic heterocycles. The summed E-state index contributed by atoms with van der Waals surface area (Å²) in [4.78, 5) is 13.7. The lowest BCUT2D eigenvalue weighted by molar-refractivity contribution is -0.130. The van der Waals surface area contributed by atoms with Gasteiger partial charge in [0.05, 0.1) is 0 Å². The van der Waals surface area contributed by atoms with Gasteiger partial charge in [-0.15, -0.1) is 12.4 Å². The monoisotopic (exact) mass is 299 g/mol. The van der Waals surface area contributed by atoms with E-state index in [2.05, 4.69) is 10.0 Å². The molecule has 1 rings (SSSR count). The van der Waals surface area contributed by atoms with Crippen LogP contribution in [0, 0.1) is 0 Å². The largest absolute Gasteiger partial charge is 0.337 e. The normalized spacial score (nSPS) is 19.3. The molecule has 0 spiro atoms. The zero-order valence-corrected chi connectivity index (χ0v) is 12.4. The number of nitrogens with one attached hydrogen (secondary N) is 2. The van der Waals surface area contributed by atoms with Crippen molar-refractivity contribution < 1.29 is 13.2 Å². The topological polar surface area (TPSA) is 78.5 Å². The van der Waals surface area contributed by atoms with E-state index in [-0.39, 0.29) is 24.4 Å². The van der Waals surface area contributed by atoms with Gasteiger partial charge in [-0.3, -0.25) is 4.79 Å². The number of sulfonamides is 1. The highest BCUT2D eigenvalue weighted by molar-refractivity contribution is 7.90. The third-order valence-corrected chi connectivity index (χ3v) is 4.13. The average Bonchev–Trinajstić information content (AvgIpc) is 2.78. The summed E-state index contributed by atoms with van der Waals surface area (Å²) in [6, 6.07) is 0.134. The number of hydrogen-bond donors (Lipinski definition) is 2. The molecule has 18 heavy (non-hydrogen) atoms. The fraction of sp³-hybridized carbons (Fsp3) is 0.900. The second-order valence-corrected chi connectivity index (χ2v) is 6.12. The molecule has 1 fully saturated rings. The van der Waals surface area contributed by atoms with Gasteiger partial charge in [-0.2, -0.15) is 0 Å². The van der Waals surface area contributed by atoms with Crippen molar-refractivity contribution in [2.75, 3.05) is 32.4 Å². The van der Waals surface area contributed by atoms with Gasteiger partial charge in [0.25, 0.3) is 0 Å². The Labute approximate surface area is 115 Å². The van der Waals surface area contributed by atoms with Crippen molar-refractivity contribution >= 4 is 28.3 Å². The van der Waals surface area contributed by atoms with E-state index in [0.29, 0.717) is 6.54 Å². The van der Waals surface area contributed by atoms with Crippen LogP contribution in [0.25, 0.3) is 0 Å². The fourth-order valence-corrected chi connectivity index (χ4v) is 2.61. The minimum absolute atomic E-state index is 0. The summed E-state index contributed by atoms with van der Waals surface area (Å²) < 4.78 is 24.9. The predicted molar refractivity (Wildman–Crippen MR) is 73.4 cm³/mol. The Morgan fingerprint density at radius 3 is 2.61 bits per heavy atom. The van der Waals surface area contributed by atoms with E-state index in [1.165, 1.54) is 7.05 Å². The van der Waals surface area contributed by atoms with Gasteiger partial charge in [-0.05, 0) is 26.4 Å². The van der Waals surface area contributed by atoms with E-state index in [9.17, 15) is 13.2 Å². The minimum Gasteiger partial charge on any atom is -0.337 e. The van der Waals surface area contributed by atoms with Crippen LogP contribution in [0.1, 0.15) is 19.8 Å². The zero-order valence-electron chi connectivity index (χ0n) is 10.8. The molecule has 0 radical (unpaired) electrons. The number of hydrogen-bond acceptors (Lipinski definition) is 4. The zero-order chi connectivity index (χ0) is 12.9. The summed E-state index contributed by atoms with van der Waals surface area (Å²) in [5.74, 6) is -0.769. The predicted octanol–water partition coefficient (Wildman–Crippen LogP) is -0.442. The van der Waals surface area contributed by atoms with E-state index in [1.807, 2.05) is 6.92 Å². The van der Waals surface area contributed by atoms with E-state index in [1.54, 1.807) is 4.90 Å². The van der Waals surface area contributed by atoms with Crippen molar-refractivity contribution in [3.05, 3.63) is 0 Å². The Morgan fingerprint density at radius 1 is 1.50 bits per heavy atom. The van der Waals surface area contributed by atoms with Gasteiger partial charge in [0.1, 0.15) is 5.75 Å². The molecule has 1 heterocycles. The summed E-state index contributed by atoms with van der Waals surface area (Å²) in [7, 11) is -2.15. The lowest BCUT2D eigenvalue weighted by atomic mass is 10.2. The first-order chi connectivity index (χ1) is 8.00. The van der Waals surface area contributed by atoms with Crippen molar-refractivity contribution in [3.63, 3.8) is 0 Å². The van der Waals surface area contributed by atoms with Crippen molar-refractivity contribution in [1.82, 2.24) is 14.9 Å². The number of amides is 1. The minimum atomic E-state index is -3.47. The van der Waals surface area contributed by atoms with Crippen LogP contribution in [-0.2, 0) is 14.8 Å². The third kappa shape index (κ3) is 5.09. The van der Waals surface area contributed by atoms with Gasteiger partial charge in [0.15, 0.2) is 0 Å². The first-order valence-electron chi connectivity index (χ1n) is 5.91. The summed E-state index contributed by atoms with van der Waals surface area (Å²) in [5.41, 5.74) is 0. The molecule has 6 nitrogen and oxygen atoms in total. The SMILES string of the molecule is CCCN(C(=O)CS(=O)(=O)NC)C1CCNC1.Cl. The molecule has 1 amide bonds. The molecule has 108 valence electrons. The molecule has 1 atom stereocenters. The van der Waals surface area contributed by atoms with E-state index >= 15 is 0 Å². The molecule has 0 aromatic carbocycles. The van der Waals surface area contributed by atoms with Gasteiger partial charge in [-0.1, -0.05) is 6.92 Å². The third-order valence-electron chi connectivity index (χ3n) is 2.88. The van der Waals surface area contributed by atoms with Crippen LogP contribution in [0.3, 0.4) is 0 Å². The molecule has 0 saturated carbocycles. The Morgan fingerprint density at radius 2 is 2.17 bits per heavy atom. The lowest BCUT2D eigenvalue weighted by Gasteiger charge is -2.28. The number of carbonyl (C=O) groups is 1. The van der Waals surface area contributed by atoms with Crippen LogP contribution in [0.5, 0.6) is 0 Å². The molecular formula is C10H22ClN3O3S. The summed E-state index contributed by atoms with van der Waals surface area (Å²) in [6.45, 7) is 4.24. The molecule has 1 aliphatic heterocycles. The number of halogens is 1. The standard InChI is InChI=1S/C10H21N3O3S.ClH/c1-3-6-13(9-4-5-12-7-9)10(14)8-17(15,16)11-2;/h9,11-12H,3-8H2,1-2H3;1H. The van der Waals surface area contributed by atoms with Crippen LogP contribution in [0.2, 0.25) is 0 Å². The van der Waals surface area contributed by atoms with Gasteiger partial charge >= 0.3 is 0 Å². The second kappa shape index (κ2) is 7.93. The van der Waals surface area contributed by atoms with Crippen LogP contribution in [-0.4, -0.2) is 57.7 Å². The first kappa shape index (κ1) is 17.6.